The van der Waals surface area contributed by atoms with Crippen molar-refractivity contribution in [3.8, 4) is 6.07 Å². The Kier molecular flexibility index (Phi) is 2.82. The van der Waals surface area contributed by atoms with Gasteiger partial charge in [0.25, 0.3) is 0 Å². The quantitative estimate of drug-likeness (QED) is 0.404. The summed E-state index contributed by atoms with van der Waals surface area (Å²) in [6.07, 6.45) is 4.95. The van der Waals surface area contributed by atoms with Gasteiger partial charge >= 0.3 is 1.43 Å². The Labute approximate surface area is 88.8 Å². The van der Waals surface area contributed by atoms with E-state index in [9.17, 15) is 0 Å². The summed E-state index contributed by atoms with van der Waals surface area (Å²) in [6.45, 7) is 0.970. The van der Waals surface area contributed by atoms with Crippen molar-refractivity contribution in [3.63, 3.8) is 0 Å². The highest BCUT2D eigenvalue weighted by atomic mass is 79.9. The minimum atomic E-state index is -0.683. The molecule has 1 aliphatic carbocycles. The molecule has 0 aromatic carbocycles. The standard InChI is InChI=1S/C8H9ClN2.BrH/c9-8(5-10)3-6-1-2-7(8)11-4-6;/h1-2,6-7,11H,3-4H2;1H. The van der Waals surface area contributed by atoms with Gasteiger partial charge in [-0.3, -0.25) is 0 Å². The second-order valence-electron chi connectivity index (χ2n) is 3.21. The first kappa shape index (κ1) is 10.0. The maximum atomic E-state index is 8.82. The summed E-state index contributed by atoms with van der Waals surface area (Å²) < 4.78 is 0. The van der Waals surface area contributed by atoms with Gasteiger partial charge in [-0.05, 0) is 12.3 Å². The van der Waals surface area contributed by atoms with Crippen molar-refractivity contribution in [3.05, 3.63) is 12.2 Å². The van der Waals surface area contributed by atoms with Crippen LogP contribution in [0.4, 0.5) is 0 Å². The molecule has 1 N–H and O–H groups in total. The summed E-state index contributed by atoms with van der Waals surface area (Å²) in [7, 11) is 0. The van der Waals surface area contributed by atoms with Gasteiger partial charge < -0.3 is 22.3 Å². The van der Waals surface area contributed by atoms with Gasteiger partial charge in [-0.25, -0.2) is 0 Å². The summed E-state index contributed by atoms with van der Waals surface area (Å²) in [5.74, 6) is 0.456. The van der Waals surface area contributed by atoms with E-state index in [1.807, 2.05) is 6.08 Å². The van der Waals surface area contributed by atoms with Crippen LogP contribution >= 0.6 is 11.6 Å². The number of piperidine rings is 1. The zero-order chi connectivity index (χ0) is 7.90. The van der Waals surface area contributed by atoms with E-state index in [0.29, 0.717) is 5.92 Å². The molecule has 0 aromatic heterocycles. The predicted octanol–water partition coefficient (Wildman–Crippen LogP) is -1.85. The molecule has 3 unspecified atom stereocenters. The SMILES string of the molecule is N#CC1(Cl)CC2C=CC1NC2.[Br-].[H+]. The van der Waals surface area contributed by atoms with Crippen LogP contribution < -0.4 is 22.3 Å². The summed E-state index contributed by atoms with van der Waals surface area (Å²) in [4.78, 5) is -0.683. The third-order valence-corrected chi connectivity index (χ3v) is 2.89. The van der Waals surface area contributed by atoms with Gasteiger partial charge in [-0.1, -0.05) is 12.2 Å². The number of nitrogens with zero attached hydrogens (tertiary/aromatic N) is 1. The van der Waals surface area contributed by atoms with E-state index in [1.54, 1.807) is 0 Å². The van der Waals surface area contributed by atoms with Crippen LogP contribution in [-0.4, -0.2) is 17.5 Å². The normalized spacial score (nSPS) is 43.3. The summed E-state index contributed by atoms with van der Waals surface area (Å²) >= 11 is 6.08. The highest BCUT2D eigenvalue weighted by Crippen LogP contribution is 2.36. The van der Waals surface area contributed by atoms with Gasteiger partial charge in [0.1, 0.15) is 4.87 Å². The maximum Gasteiger partial charge on any atom is 1.00 e. The van der Waals surface area contributed by atoms with Gasteiger partial charge in [0.2, 0.25) is 0 Å². The molecule has 3 atom stereocenters. The Morgan fingerprint density at radius 1 is 1.67 bits per heavy atom. The van der Waals surface area contributed by atoms with E-state index < -0.39 is 4.87 Å². The van der Waals surface area contributed by atoms with E-state index in [0.717, 1.165) is 13.0 Å². The molecule has 0 spiro atoms. The number of hydrogen-bond acceptors (Lipinski definition) is 2. The second kappa shape index (κ2) is 3.37. The van der Waals surface area contributed by atoms with Crippen LogP contribution in [0.5, 0.6) is 0 Å². The van der Waals surface area contributed by atoms with Gasteiger partial charge in [-0.15, -0.1) is 11.6 Å². The number of hydrogen-bond donors (Lipinski definition) is 1. The lowest BCUT2D eigenvalue weighted by atomic mass is 9.79. The minimum Gasteiger partial charge on any atom is -1.00 e. The topological polar surface area (TPSA) is 35.8 Å². The molecular formula is C8H10BrClN2. The van der Waals surface area contributed by atoms with Crippen molar-refractivity contribution in [2.75, 3.05) is 6.54 Å². The molecule has 2 bridgehead atoms. The van der Waals surface area contributed by atoms with Crippen LogP contribution in [0.25, 0.3) is 0 Å². The lowest BCUT2D eigenvalue weighted by molar-refractivity contribution is -0.00000242. The van der Waals surface area contributed by atoms with Gasteiger partial charge in [0, 0.05) is 6.54 Å². The minimum absolute atomic E-state index is 0. The van der Waals surface area contributed by atoms with Crippen molar-refractivity contribution >= 4 is 11.6 Å². The first-order valence-electron chi connectivity index (χ1n) is 3.76. The Morgan fingerprint density at radius 3 is 2.67 bits per heavy atom. The van der Waals surface area contributed by atoms with E-state index in [-0.39, 0.29) is 24.4 Å². The first-order valence-corrected chi connectivity index (χ1v) is 4.14. The molecule has 3 rings (SSSR count). The lowest BCUT2D eigenvalue weighted by Crippen LogP contribution is -3.00. The fraction of sp³-hybridized carbons (Fsp3) is 0.625. The van der Waals surface area contributed by atoms with E-state index in [4.69, 9.17) is 16.9 Å². The highest BCUT2D eigenvalue weighted by Gasteiger charge is 2.43. The molecular weight excluding hydrogens is 239 g/mol. The molecule has 1 fully saturated rings. The zero-order valence-corrected chi connectivity index (χ0v) is 8.77. The van der Waals surface area contributed by atoms with Gasteiger partial charge in [0.05, 0.1) is 12.1 Å². The smallest absolute Gasteiger partial charge is 1.00 e. The second-order valence-corrected chi connectivity index (χ2v) is 3.88. The summed E-state index contributed by atoms with van der Waals surface area (Å²) in [6, 6.07) is 2.22. The fourth-order valence-electron chi connectivity index (χ4n) is 1.76. The van der Waals surface area contributed by atoms with Gasteiger partial charge in [-0.2, -0.15) is 5.26 Å². The largest absolute Gasteiger partial charge is 1.00 e. The zero-order valence-electron chi connectivity index (χ0n) is 7.43. The van der Waals surface area contributed by atoms with E-state index >= 15 is 0 Å². The molecule has 0 saturated carbocycles. The summed E-state index contributed by atoms with van der Waals surface area (Å²) in [5, 5.41) is 12.0. The van der Waals surface area contributed by atoms with Crippen molar-refractivity contribution in [2.45, 2.75) is 17.3 Å². The molecule has 0 aromatic rings. The van der Waals surface area contributed by atoms with Crippen LogP contribution in [0, 0.1) is 17.2 Å². The van der Waals surface area contributed by atoms with E-state index in [1.165, 1.54) is 0 Å². The molecule has 4 heteroatoms. The molecule has 2 nitrogen and oxygen atoms in total. The van der Waals surface area contributed by atoms with Crippen molar-refractivity contribution in [2.24, 2.45) is 5.92 Å². The van der Waals surface area contributed by atoms with Crippen LogP contribution in [0.1, 0.15) is 7.85 Å². The third-order valence-electron chi connectivity index (χ3n) is 2.41. The van der Waals surface area contributed by atoms with E-state index in [2.05, 4.69) is 17.5 Å². The maximum absolute atomic E-state index is 8.82. The van der Waals surface area contributed by atoms with Gasteiger partial charge in [0.15, 0.2) is 0 Å². The van der Waals surface area contributed by atoms with Crippen molar-refractivity contribution < 1.29 is 18.4 Å². The Balaban J connectivity index is 0.000000720. The average Bonchev–Trinajstić information content (AvgIpc) is 2.06. The molecule has 0 radical (unpaired) electrons. The summed E-state index contributed by atoms with van der Waals surface area (Å²) in [5.41, 5.74) is 0. The number of halogens is 2. The first-order chi connectivity index (χ1) is 5.24. The lowest BCUT2D eigenvalue weighted by Gasteiger charge is -2.40. The number of nitrogens with one attached hydrogen (secondary N) is 1. The third kappa shape index (κ3) is 1.39. The Bertz CT molecular complexity index is 253. The van der Waals surface area contributed by atoms with Crippen molar-refractivity contribution in [1.29, 1.82) is 5.26 Å². The average molecular weight is 250 g/mol. The molecule has 3 aliphatic rings. The predicted molar refractivity (Wildman–Crippen MR) is 44.3 cm³/mol. The monoisotopic (exact) mass is 248 g/mol. The highest BCUT2D eigenvalue weighted by molar-refractivity contribution is 6.26. The number of rotatable bonds is 0. The fourth-order valence-corrected chi connectivity index (χ4v) is 2.11. The molecule has 0 amide bonds. The van der Waals surface area contributed by atoms with Crippen molar-refractivity contribution in [1.82, 2.24) is 5.32 Å². The van der Waals surface area contributed by atoms with Crippen LogP contribution in [0.15, 0.2) is 12.2 Å². The van der Waals surface area contributed by atoms with Crippen LogP contribution in [-0.2, 0) is 0 Å². The molecule has 12 heavy (non-hydrogen) atoms. The molecule has 2 heterocycles. The number of nitriles is 1. The molecule has 2 aliphatic heterocycles. The Morgan fingerprint density at radius 2 is 2.42 bits per heavy atom. The number of alkyl halides is 1. The number of fused-ring (bicyclic) bond motifs is 2. The van der Waals surface area contributed by atoms with Crippen LogP contribution in [0.3, 0.4) is 0 Å². The Hall–Kier alpha value is -0.0400. The molecule has 66 valence electrons. The van der Waals surface area contributed by atoms with Crippen LogP contribution in [0.2, 0.25) is 0 Å². The molecule has 1 saturated heterocycles.